The van der Waals surface area contributed by atoms with Gasteiger partial charge in [0.25, 0.3) is 5.91 Å². The number of rotatable bonds is 20. The van der Waals surface area contributed by atoms with Gasteiger partial charge in [0, 0.05) is 79.4 Å². The second-order valence-corrected chi connectivity index (χ2v) is 28.2. The van der Waals surface area contributed by atoms with Gasteiger partial charge in [-0.3, -0.25) is 20.1 Å². The van der Waals surface area contributed by atoms with Crippen molar-refractivity contribution in [1.82, 2.24) is 45.4 Å². The number of aliphatic hydroxyl groups excluding tert-OH is 1. The third kappa shape index (κ3) is 19.0. The SMILES string of the molecule is C[C@H](NS(=O)(=O)/C=C/c1n[nH]c2c1CCCC[C@@H]2Cc1cccc(F)c1)c1ccccc1.C[C@H](NS(=O)(=O)/C=C/c1n[nH]c2c1CCCC[C@H]2Cc1cccc(F)c1)c1ccccc1.O=C(N[C@H](CO)c1ccccc1)c1n[nH]c2c1CCCC[C@H]2Cc1cccc(Cl)c1. The second-order valence-electron chi connectivity index (χ2n) is 24.6. The number of aliphatic hydroxyl groups is 1. The number of carbonyl (C=O) groups is 1. The molecule has 94 heavy (non-hydrogen) atoms. The van der Waals surface area contributed by atoms with Gasteiger partial charge in [0.15, 0.2) is 5.69 Å². The summed E-state index contributed by atoms with van der Waals surface area (Å²) in [7, 11) is -7.27. The number of halogens is 3. The van der Waals surface area contributed by atoms with Crippen LogP contribution in [0.4, 0.5) is 8.78 Å². The average molecular weight is 1330 g/mol. The molecule has 0 aliphatic heterocycles. The Hall–Kier alpha value is -8.17. The van der Waals surface area contributed by atoms with Crippen LogP contribution in [0.5, 0.6) is 0 Å². The number of aromatic amines is 3. The number of hydrogen-bond donors (Lipinski definition) is 7. The van der Waals surface area contributed by atoms with Crippen molar-refractivity contribution in [2.45, 2.75) is 146 Å². The molecule has 9 aromatic rings. The molecule has 0 saturated heterocycles. The van der Waals surface area contributed by atoms with Crippen LogP contribution in [0.2, 0.25) is 5.02 Å². The molecule has 0 bridgehead atoms. The molecule has 3 aromatic heterocycles. The lowest BCUT2D eigenvalue weighted by Crippen LogP contribution is -2.31. The van der Waals surface area contributed by atoms with Gasteiger partial charge in [0.05, 0.1) is 24.0 Å². The number of amides is 1. The third-order valence-electron chi connectivity index (χ3n) is 17.8. The first-order chi connectivity index (χ1) is 45.5. The predicted molar refractivity (Wildman–Crippen MR) is 368 cm³/mol. The van der Waals surface area contributed by atoms with Crippen molar-refractivity contribution >= 4 is 49.7 Å². The van der Waals surface area contributed by atoms with Gasteiger partial charge in [-0.15, -0.1) is 0 Å². The zero-order valence-electron chi connectivity index (χ0n) is 53.0. The second kappa shape index (κ2) is 32.8. The van der Waals surface area contributed by atoms with Crippen LogP contribution >= 0.6 is 11.6 Å². The quantitative estimate of drug-likeness (QED) is 0.0360. The maximum Gasteiger partial charge on any atom is 0.272 e. The van der Waals surface area contributed by atoms with Crippen molar-refractivity contribution in [3.63, 3.8) is 0 Å². The Morgan fingerprint density at radius 2 is 0.926 bits per heavy atom. The Morgan fingerprint density at radius 1 is 0.532 bits per heavy atom. The Labute approximate surface area is 555 Å². The number of H-pyrrole nitrogens is 3. The number of benzene rings is 6. The summed E-state index contributed by atoms with van der Waals surface area (Å²) in [5.41, 5.74) is 13.8. The van der Waals surface area contributed by atoms with E-state index in [1.807, 2.05) is 135 Å². The van der Waals surface area contributed by atoms with E-state index in [2.05, 4.69) is 51.4 Å². The first kappa shape index (κ1) is 68.7. The molecular weight excluding hydrogens is 1250 g/mol. The molecule has 7 N–H and O–H groups in total. The zero-order chi connectivity index (χ0) is 66.0. The monoisotopic (exact) mass is 1330 g/mol. The molecular formula is C74H82ClF2N9O6S2. The third-order valence-corrected chi connectivity index (χ3v) is 20.4. The topological polar surface area (TPSA) is 228 Å². The number of sulfonamides is 2. The van der Waals surface area contributed by atoms with Crippen molar-refractivity contribution in [1.29, 1.82) is 0 Å². The van der Waals surface area contributed by atoms with Crippen LogP contribution < -0.4 is 14.8 Å². The van der Waals surface area contributed by atoms with Crippen LogP contribution in [0.15, 0.2) is 175 Å². The molecule has 0 fully saturated rings. The number of aromatic nitrogens is 6. The van der Waals surface area contributed by atoms with Crippen molar-refractivity contribution in [3.05, 3.63) is 275 Å². The zero-order valence-corrected chi connectivity index (χ0v) is 55.3. The molecule has 6 aromatic carbocycles. The van der Waals surface area contributed by atoms with E-state index in [1.165, 1.54) is 28.5 Å². The maximum absolute atomic E-state index is 13.6. The summed E-state index contributed by atoms with van der Waals surface area (Å²) in [6, 6.07) is 48.6. The van der Waals surface area contributed by atoms with E-state index in [0.29, 0.717) is 17.1 Å². The summed E-state index contributed by atoms with van der Waals surface area (Å²) < 4.78 is 83.1. The van der Waals surface area contributed by atoms with Crippen LogP contribution in [0.25, 0.3) is 12.2 Å². The van der Waals surface area contributed by atoms with E-state index in [1.54, 1.807) is 36.4 Å². The van der Waals surface area contributed by atoms with Crippen LogP contribution in [0, 0.1) is 11.6 Å². The highest BCUT2D eigenvalue weighted by Crippen LogP contribution is 2.37. The first-order valence-electron chi connectivity index (χ1n) is 32.4. The molecule has 12 rings (SSSR count). The van der Waals surface area contributed by atoms with Crippen molar-refractivity contribution in [3.8, 4) is 0 Å². The molecule has 0 radical (unpaired) electrons. The van der Waals surface area contributed by atoms with Gasteiger partial charge in [0.2, 0.25) is 20.0 Å². The first-order valence-corrected chi connectivity index (χ1v) is 35.9. The highest BCUT2D eigenvalue weighted by Gasteiger charge is 2.30. The van der Waals surface area contributed by atoms with Crippen molar-refractivity contribution < 1.29 is 35.5 Å². The van der Waals surface area contributed by atoms with Crippen LogP contribution in [0.3, 0.4) is 0 Å². The number of nitrogens with one attached hydrogen (secondary N) is 6. The molecule has 3 heterocycles. The Bertz CT molecular complexity index is 4050. The van der Waals surface area contributed by atoms with Gasteiger partial charge in [-0.2, -0.15) is 15.3 Å². The van der Waals surface area contributed by atoms with Gasteiger partial charge < -0.3 is 10.4 Å². The highest BCUT2D eigenvalue weighted by molar-refractivity contribution is 7.92. The normalized spacial score (nSPS) is 17.5. The molecule has 1 amide bonds. The van der Waals surface area contributed by atoms with E-state index >= 15 is 0 Å². The fourth-order valence-electron chi connectivity index (χ4n) is 13.0. The molecule has 15 nitrogen and oxygen atoms in total. The van der Waals surface area contributed by atoms with Gasteiger partial charge in [0.1, 0.15) is 11.6 Å². The summed E-state index contributed by atoms with van der Waals surface area (Å²) in [6.07, 6.45) is 17.3. The summed E-state index contributed by atoms with van der Waals surface area (Å²) in [6.45, 7) is 3.47. The Morgan fingerprint density at radius 3 is 1.35 bits per heavy atom. The van der Waals surface area contributed by atoms with E-state index in [9.17, 15) is 35.5 Å². The van der Waals surface area contributed by atoms with E-state index in [4.69, 9.17) is 11.6 Å². The number of fused-ring (bicyclic) bond motifs is 3. The largest absolute Gasteiger partial charge is 0.394 e. The number of hydrogen-bond acceptors (Lipinski definition) is 9. The maximum atomic E-state index is 13.6. The van der Waals surface area contributed by atoms with Gasteiger partial charge in [-0.1, -0.05) is 158 Å². The van der Waals surface area contributed by atoms with E-state index < -0.39 is 26.1 Å². The molecule has 6 atom stereocenters. The standard InChI is InChI=1S/2C25H28FN3O2S.C24H26ClN3O2/c2*1-18(20-9-3-2-4-10-20)29-32(30,31)15-14-24-23-13-6-5-11-21(25(23)28-27-24)16-19-8-7-12-22(26)17-19;25-19-11-6-7-16(14-19)13-18-10-4-5-12-20-22(18)27-28-23(20)24(30)26-21(15-29)17-8-2-1-3-9-17/h2*2-4,7-10,12,14-15,17-18,21,29H,5-6,11,13,16H2,1H3,(H,27,28);1-3,6-9,11,14,18,21,29H,4-5,10,12-13,15H2,(H,26,30)(H,27,28)/b2*15-14+;/t18-,21+;18-,21-;18-,21+/m000/s1. The van der Waals surface area contributed by atoms with Crippen molar-refractivity contribution in [2.75, 3.05) is 6.61 Å². The lowest BCUT2D eigenvalue weighted by molar-refractivity contribution is 0.0910. The molecule has 3 aliphatic carbocycles. The smallest absolute Gasteiger partial charge is 0.272 e. The number of nitrogens with zero attached hydrogens (tertiary/aromatic N) is 3. The summed E-state index contributed by atoms with van der Waals surface area (Å²) in [4.78, 5) is 13.0. The fourth-order valence-corrected chi connectivity index (χ4v) is 15.3. The number of carbonyl (C=O) groups excluding carboxylic acids is 1. The Balaban J connectivity index is 0.000000154. The molecule has 0 unspecified atom stereocenters. The average Bonchev–Trinajstić information content (AvgIpc) is 1.75. The molecule has 0 spiro atoms. The van der Waals surface area contributed by atoms with E-state index in [0.717, 1.165) is 163 Å². The minimum absolute atomic E-state index is 0.167. The summed E-state index contributed by atoms with van der Waals surface area (Å²) in [5, 5.41) is 38.5. The highest BCUT2D eigenvalue weighted by atomic mass is 35.5. The molecule has 20 heteroatoms. The summed E-state index contributed by atoms with van der Waals surface area (Å²) >= 11 is 6.16. The molecule has 492 valence electrons. The molecule has 3 aliphatic rings. The van der Waals surface area contributed by atoms with Gasteiger partial charge >= 0.3 is 0 Å². The minimum Gasteiger partial charge on any atom is -0.394 e. The van der Waals surface area contributed by atoms with Crippen molar-refractivity contribution in [2.24, 2.45) is 0 Å². The predicted octanol–water partition coefficient (Wildman–Crippen LogP) is 15.1. The van der Waals surface area contributed by atoms with Crippen LogP contribution in [-0.2, 0) is 58.6 Å². The minimum atomic E-state index is -3.63. The fraction of sp³-hybridized carbons (Fsp3) is 0.324. The lowest BCUT2D eigenvalue weighted by atomic mass is 9.91. The van der Waals surface area contributed by atoms with Crippen LogP contribution in [0.1, 0.15) is 197 Å². The summed E-state index contributed by atoms with van der Waals surface area (Å²) in [5.74, 6) is -0.0239. The van der Waals surface area contributed by atoms with Gasteiger partial charge in [-0.25, -0.2) is 35.1 Å². The van der Waals surface area contributed by atoms with Gasteiger partial charge in [-0.05, 0) is 173 Å². The van der Waals surface area contributed by atoms with Crippen LogP contribution in [-0.4, -0.2) is 65.0 Å². The molecule has 0 saturated carbocycles. The Kier molecular flexibility index (Phi) is 24.0. The lowest BCUT2D eigenvalue weighted by Gasteiger charge is -2.17. The van der Waals surface area contributed by atoms with E-state index in [-0.39, 0.29) is 54.0 Å².